The highest BCUT2D eigenvalue weighted by Crippen LogP contribution is 2.16. The zero-order valence-electron chi connectivity index (χ0n) is 14.8. The molecule has 0 unspecified atom stereocenters. The molecule has 8 nitrogen and oxygen atoms in total. The minimum atomic E-state index is 0.107. The van der Waals surface area contributed by atoms with Crippen LogP contribution in [0.3, 0.4) is 0 Å². The summed E-state index contributed by atoms with van der Waals surface area (Å²) in [5.74, 6) is 0.107. The summed E-state index contributed by atoms with van der Waals surface area (Å²) in [6.07, 6.45) is 4.29. The fraction of sp³-hybridized carbons (Fsp3) is 0.556. The van der Waals surface area contributed by atoms with Gasteiger partial charge in [-0.05, 0) is 41.0 Å². The Morgan fingerprint density at radius 3 is 2.62 bits per heavy atom. The van der Waals surface area contributed by atoms with Gasteiger partial charge in [-0.2, -0.15) is 0 Å². The highest BCUT2D eigenvalue weighted by Gasteiger charge is 2.25. The summed E-state index contributed by atoms with van der Waals surface area (Å²) in [7, 11) is 0. The Hall–Kier alpha value is -2.32. The molecule has 2 fully saturated rings. The van der Waals surface area contributed by atoms with E-state index in [4.69, 9.17) is 4.74 Å². The van der Waals surface area contributed by atoms with Crippen molar-refractivity contribution >= 4 is 5.91 Å². The number of benzene rings is 1. The van der Waals surface area contributed by atoms with E-state index in [1.54, 1.807) is 11.0 Å². The molecule has 1 atom stereocenters. The Bertz CT molecular complexity index is 704. The lowest BCUT2D eigenvalue weighted by Crippen LogP contribution is -2.50. The van der Waals surface area contributed by atoms with Crippen molar-refractivity contribution < 1.29 is 9.53 Å². The van der Waals surface area contributed by atoms with Gasteiger partial charge in [0.2, 0.25) is 0 Å². The molecular weight excluding hydrogens is 332 g/mol. The van der Waals surface area contributed by atoms with Crippen molar-refractivity contribution in [2.24, 2.45) is 0 Å². The molecule has 4 rings (SSSR count). The number of carbonyl (C=O) groups is 1. The fourth-order valence-corrected chi connectivity index (χ4v) is 3.58. The normalized spacial score (nSPS) is 21.2. The van der Waals surface area contributed by atoms with E-state index in [-0.39, 0.29) is 5.91 Å². The molecule has 0 saturated carbocycles. The summed E-state index contributed by atoms with van der Waals surface area (Å²) < 4.78 is 7.37. The van der Waals surface area contributed by atoms with Crippen LogP contribution in [0.5, 0.6) is 0 Å². The van der Waals surface area contributed by atoms with Crippen LogP contribution in [-0.2, 0) is 11.3 Å². The summed E-state index contributed by atoms with van der Waals surface area (Å²) in [5, 5.41) is 11.1. The lowest BCUT2D eigenvalue weighted by molar-refractivity contribution is 0.0432. The molecule has 2 aliphatic heterocycles. The van der Waals surface area contributed by atoms with Crippen LogP contribution in [0.15, 0.2) is 30.6 Å². The SMILES string of the molecule is O=C(c1ccc(Cn2cnnn2)cc1)N1CCN(C[C@@H]2CCCO2)CC1. The van der Waals surface area contributed by atoms with Crippen molar-refractivity contribution in [3.63, 3.8) is 0 Å². The van der Waals surface area contributed by atoms with Gasteiger partial charge in [-0.1, -0.05) is 12.1 Å². The monoisotopic (exact) mass is 356 g/mol. The molecular formula is C18H24N6O2. The highest BCUT2D eigenvalue weighted by atomic mass is 16.5. The third-order valence-electron chi connectivity index (χ3n) is 5.08. The van der Waals surface area contributed by atoms with Gasteiger partial charge < -0.3 is 9.64 Å². The van der Waals surface area contributed by atoms with Crippen LogP contribution in [0.1, 0.15) is 28.8 Å². The Balaban J connectivity index is 1.29. The second kappa shape index (κ2) is 7.92. The van der Waals surface area contributed by atoms with Crippen molar-refractivity contribution in [1.29, 1.82) is 0 Å². The number of carbonyl (C=O) groups excluding carboxylic acids is 1. The average molecular weight is 356 g/mol. The third-order valence-corrected chi connectivity index (χ3v) is 5.08. The van der Waals surface area contributed by atoms with Gasteiger partial charge in [-0.15, -0.1) is 5.10 Å². The number of aromatic nitrogens is 4. The van der Waals surface area contributed by atoms with Crippen molar-refractivity contribution in [2.45, 2.75) is 25.5 Å². The van der Waals surface area contributed by atoms with Gasteiger partial charge in [0.15, 0.2) is 0 Å². The van der Waals surface area contributed by atoms with Crippen molar-refractivity contribution in [3.05, 3.63) is 41.7 Å². The second-order valence-corrected chi connectivity index (χ2v) is 6.93. The number of rotatable bonds is 5. The fourth-order valence-electron chi connectivity index (χ4n) is 3.58. The number of nitrogens with zero attached hydrogens (tertiary/aromatic N) is 6. The molecule has 2 aliphatic rings. The molecule has 1 aromatic heterocycles. The van der Waals surface area contributed by atoms with E-state index in [9.17, 15) is 4.79 Å². The van der Waals surface area contributed by atoms with E-state index in [0.717, 1.165) is 56.9 Å². The first-order chi connectivity index (χ1) is 12.8. The zero-order chi connectivity index (χ0) is 17.8. The molecule has 1 amide bonds. The Morgan fingerprint density at radius 2 is 1.96 bits per heavy atom. The quantitative estimate of drug-likeness (QED) is 0.783. The van der Waals surface area contributed by atoms with Crippen LogP contribution in [-0.4, -0.2) is 81.3 Å². The lowest BCUT2D eigenvalue weighted by atomic mass is 10.1. The molecule has 0 radical (unpaired) electrons. The predicted octanol–water partition coefficient (Wildman–Crippen LogP) is 0.658. The number of ether oxygens (including phenoxy) is 1. The molecule has 0 aliphatic carbocycles. The van der Waals surface area contributed by atoms with Gasteiger partial charge in [-0.3, -0.25) is 9.69 Å². The third kappa shape index (κ3) is 4.08. The van der Waals surface area contributed by atoms with E-state index in [2.05, 4.69) is 20.4 Å². The highest BCUT2D eigenvalue weighted by molar-refractivity contribution is 5.94. The van der Waals surface area contributed by atoms with Gasteiger partial charge >= 0.3 is 0 Å². The molecule has 0 N–H and O–H groups in total. The summed E-state index contributed by atoms with van der Waals surface area (Å²) in [6.45, 7) is 5.88. The van der Waals surface area contributed by atoms with Gasteiger partial charge in [-0.25, -0.2) is 4.68 Å². The Labute approximate surface area is 152 Å². The van der Waals surface area contributed by atoms with Crippen LogP contribution < -0.4 is 0 Å². The number of tetrazole rings is 1. The number of hydrogen-bond acceptors (Lipinski definition) is 6. The standard InChI is InChI=1S/C18H24N6O2/c25-18(16-5-3-15(4-6-16)12-24-14-19-20-21-24)23-9-7-22(8-10-23)13-17-2-1-11-26-17/h3-6,14,17H,1-2,7-13H2/t17-/m0/s1. The average Bonchev–Trinajstić information content (AvgIpc) is 3.37. The number of amides is 1. The number of hydrogen-bond donors (Lipinski definition) is 0. The van der Waals surface area contributed by atoms with Gasteiger partial charge in [0.05, 0.1) is 12.6 Å². The largest absolute Gasteiger partial charge is 0.377 e. The van der Waals surface area contributed by atoms with Crippen molar-refractivity contribution in [3.8, 4) is 0 Å². The molecule has 2 saturated heterocycles. The first-order valence-electron chi connectivity index (χ1n) is 9.21. The smallest absolute Gasteiger partial charge is 0.253 e. The topological polar surface area (TPSA) is 76.4 Å². The van der Waals surface area contributed by atoms with Gasteiger partial charge in [0.1, 0.15) is 6.33 Å². The zero-order valence-corrected chi connectivity index (χ0v) is 14.8. The first-order valence-corrected chi connectivity index (χ1v) is 9.21. The lowest BCUT2D eigenvalue weighted by Gasteiger charge is -2.35. The number of piperazine rings is 1. The minimum Gasteiger partial charge on any atom is -0.377 e. The van der Waals surface area contributed by atoms with E-state index < -0.39 is 0 Å². The van der Waals surface area contributed by atoms with Crippen LogP contribution >= 0.6 is 0 Å². The maximum Gasteiger partial charge on any atom is 0.253 e. The van der Waals surface area contributed by atoms with Crippen LogP contribution in [0, 0.1) is 0 Å². The maximum absolute atomic E-state index is 12.7. The summed E-state index contributed by atoms with van der Waals surface area (Å²) in [4.78, 5) is 17.1. The molecule has 0 spiro atoms. The van der Waals surface area contributed by atoms with Crippen molar-refractivity contribution in [2.75, 3.05) is 39.3 Å². The molecule has 3 heterocycles. The van der Waals surface area contributed by atoms with Gasteiger partial charge in [0.25, 0.3) is 5.91 Å². The van der Waals surface area contributed by atoms with Crippen LogP contribution in [0.2, 0.25) is 0 Å². The van der Waals surface area contributed by atoms with Crippen LogP contribution in [0.25, 0.3) is 0 Å². The van der Waals surface area contributed by atoms with Crippen LogP contribution in [0.4, 0.5) is 0 Å². The summed E-state index contributed by atoms with van der Waals surface area (Å²) >= 11 is 0. The van der Waals surface area contributed by atoms with E-state index in [1.165, 1.54) is 6.42 Å². The molecule has 8 heteroatoms. The first kappa shape index (κ1) is 17.1. The van der Waals surface area contributed by atoms with Crippen molar-refractivity contribution in [1.82, 2.24) is 30.0 Å². The maximum atomic E-state index is 12.7. The van der Waals surface area contributed by atoms with E-state index in [0.29, 0.717) is 12.6 Å². The van der Waals surface area contributed by atoms with E-state index in [1.807, 2.05) is 29.2 Å². The molecule has 0 bridgehead atoms. The summed E-state index contributed by atoms with van der Waals surface area (Å²) in [6, 6.07) is 7.70. The molecule has 26 heavy (non-hydrogen) atoms. The van der Waals surface area contributed by atoms with Gasteiger partial charge in [0, 0.05) is 44.9 Å². The molecule has 1 aromatic carbocycles. The van der Waals surface area contributed by atoms with E-state index >= 15 is 0 Å². The summed E-state index contributed by atoms with van der Waals surface area (Å²) in [5.41, 5.74) is 1.80. The Morgan fingerprint density at radius 1 is 1.15 bits per heavy atom. The molecule has 2 aromatic rings. The second-order valence-electron chi connectivity index (χ2n) is 6.93. The Kier molecular flexibility index (Phi) is 5.21. The molecule has 138 valence electrons. The minimum absolute atomic E-state index is 0.107. The predicted molar refractivity (Wildman–Crippen MR) is 94.7 cm³/mol.